The molecule has 6 heteroatoms. The Morgan fingerprint density at radius 3 is 2.91 bits per heavy atom. The predicted octanol–water partition coefficient (Wildman–Crippen LogP) is 2.03. The molecule has 0 spiro atoms. The van der Waals surface area contributed by atoms with Gasteiger partial charge in [0.1, 0.15) is 6.10 Å². The molecule has 1 saturated heterocycles. The molecule has 1 aliphatic carbocycles. The molecule has 2 amide bonds. The van der Waals surface area contributed by atoms with Crippen molar-refractivity contribution in [2.24, 2.45) is 0 Å². The molecule has 1 atom stereocenters. The Morgan fingerprint density at radius 2 is 2.17 bits per heavy atom. The number of amides is 2. The Hall–Kier alpha value is -2.24. The number of aromatic nitrogens is 1. The lowest BCUT2D eigenvalue weighted by molar-refractivity contribution is 0.184. The third-order valence-corrected chi connectivity index (χ3v) is 4.24. The number of ether oxygens (including phenoxy) is 1. The van der Waals surface area contributed by atoms with Crippen molar-refractivity contribution < 1.29 is 9.53 Å². The molecule has 0 radical (unpaired) electrons. The molecule has 1 unspecified atom stereocenters. The van der Waals surface area contributed by atoms with E-state index in [1.807, 2.05) is 36.0 Å². The van der Waals surface area contributed by atoms with Gasteiger partial charge < -0.3 is 19.9 Å². The second-order valence-electron chi connectivity index (χ2n) is 6.28. The van der Waals surface area contributed by atoms with Gasteiger partial charge in [-0.25, -0.2) is 9.78 Å². The first kappa shape index (κ1) is 15.6. The molecule has 1 aromatic rings. The summed E-state index contributed by atoms with van der Waals surface area (Å²) in [6.45, 7) is 1.35. The summed E-state index contributed by atoms with van der Waals surface area (Å²) in [5, 5.41) is 3.08. The number of rotatable bonds is 4. The first-order chi connectivity index (χ1) is 11.1. The van der Waals surface area contributed by atoms with Crippen LogP contribution in [0, 0.1) is 0 Å². The number of nitrogens with one attached hydrogen (secondary N) is 1. The van der Waals surface area contributed by atoms with Crippen molar-refractivity contribution in [1.29, 1.82) is 0 Å². The second-order valence-corrected chi connectivity index (χ2v) is 6.28. The molecule has 2 aliphatic rings. The number of carbonyl (C=O) groups excluding carboxylic acids is 1. The van der Waals surface area contributed by atoms with Crippen molar-refractivity contribution in [1.82, 2.24) is 15.2 Å². The van der Waals surface area contributed by atoms with E-state index in [-0.39, 0.29) is 18.2 Å². The number of nitrogens with zero attached hydrogens (tertiary/aromatic N) is 3. The molecule has 1 aliphatic heterocycles. The van der Waals surface area contributed by atoms with Gasteiger partial charge in [-0.2, -0.15) is 0 Å². The fourth-order valence-electron chi connectivity index (χ4n) is 3.00. The Morgan fingerprint density at radius 1 is 1.39 bits per heavy atom. The molecule has 124 valence electrons. The average Bonchev–Trinajstić information content (AvgIpc) is 3.19. The Kier molecular flexibility index (Phi) is 4.69. The highest BCUT2D eigenvalue weighted by Crippen LogP contribution is 2.26. The van der Waals surface area contributed by atoms with Gasteiger partial charge in [-0.3, -0.25) is 0 Å². The van der Waals surface area contributed by atoms with Gasteiger partial charge in [-0.15, -0.1) is 0 Å². The smallest absolute Gasteiger partial charge is 0.317 e. The number of carbonyl (C=O) groups is 1. The summed E-state index contributed by atoms with van der Waals surface area (Å²) >= 11 is 0. The van der Waals surface area contributed by atoms with Gasteiger partial charge in [-0.05, 0) is 25.0 Å². The topological polar surface area (TPSA) is 57.7 Å². The molecule has 3 rings (SSSR count). The summed E-state index contributed by atoms with van der Waals surface area (Å²) < 4.78 is 6.08. The summed E-state index contributed by atoms with van der Waals surface area (Å²) in [6, 6.07) is 4.06. The maximum atomic E-state index is 12.3. The van der Waals surface area contributed by atoms with Crippen LogP contribution in [0.5, 0.6) is 5.75 Å². The molecule has 1 N–H and O–H groups in total. The minimum atomic E-state index is 0.0174. The third-order valence-electron chi connectivity index (χ3n) is 4.24. The molecule has 1 fully saturated rings. The van der Waals surface area contributed by atoms with Crippen LogP contribution in [0.25, 0.3) is 0 Å². The van der Waals surface area contributed by atoms with Crippen LogP contribution in [-0.2, 0) is 0 Å². The van der Waals surface area contributed by atoms with Crippen LogP contribution in [0.15, 0.2) is 30.5 Å². The van der Waals surface area contributed by atoms with Crippen molar-refractivity contribution in [3.8, 4) is 5.75 Å². The summed E-state index contributed by atoms with van der Waals surface area (Å²) in [5.41, 5.74) is 0. The first-order valence-electron chi connectivity index (χ1n) is 8.13. The van der Waals surface area contributed by atoms with E-state index in [1.54, 1.807) is 6.20 Å². The lowest BCUT2D eigenvalue weighted by atomic mass is 10.2. The number of urea groups is 1. The van der Waals surface area contributed by atoms with Gasteiger partial charge in [0.15, 0.2) is 11.6 Å². The predicted molar refractivity (Wildman–Crippen MR) is 89.9 cm³/mol. The van der Waals surface area contributed by atoms with E-state index in [2.05, 4.69) is 22.5 Å². The van der Waals surface area contributed by atoms with Crippen molar-refractivity contribution in [3.05, 3.63) is 30.5 Å². The Labute approximate surface area is 137 Å². The van der Waals surface area contributed by atoms with E-state index in [1.165, 1.54) is 0 Å². The fraction of sp³-hybridized carbons (Fsp3) is 0.529. The summed E-state index contributed by atoms with van der Waals surface area (Å²) in [6.07, 6.45) is 8.72. The highest BCUT2D eigenvalue weighted by molar-refractivity contribution is 5.75. The van der Waals surface area contributed by atoms with Crippen LogP contribution >= 0.6 is 0 Å². The Bertz CT molecular complexity index is 580. The summed E-state index contributed by atoms with van der Waals surface area (Å²) in [5.74, 6) is 1.58. The van der Waals surface area contributed by atoms with Gasteiger partial charge >= 0.3 is 6.03 Å². The van der Waals surface area contributed by atoms with Crippen LogP contribution in [0.1, 0.15) is 19.3 Å². The van der Waals surface area contributed by atoms with Crippen molar-refractivity contribution >= 4 is 11.8 Å². The fourth-order valence-corrected chi connectivity index (χ4v) is 3.00. The zero-order valence-corrected chi connectivity index (χ0v) is 13.7. The van der Waals surface area contributed by atoms with E-state index in [0.29, 0.717) is 6.54 Å². The van der Waals surface area contributed by atoms with Gasteiger partial charge in [0.2, 0.25) is 0 Å². The number of hydrogen-bond donors (Lipinski definition) is 1. The lowest BCUT2D eigenvalue weighted by Crippen LogP contribution is -2.43. The largest absolute Gasteiger partial charge is 0.485 e. The second kappa shape index (κ2) is 6.89. The zero-order valence-electron chi connectivity index (χ0n) is 13.7. The standard InChI is InChI=1S/C17H24N4O2/c1-20(2)16-15(8-5-10-18-16)23-14-9-11-21(12-14)17(22)19-13-6-3-4-7-13/h3-5,8,10,13-14H,6-7,9,11-12H2,1-2H3,(H,19,22). The molecule has 6 nitrogen and oxygen atoms in total. The van der Waals surface area contributed by atoms with Crippen LogP contribution in [0.2, 0.25) is 0 Å². The summed E-state index contributed by atoms with van der Waals surface area (Å²) in [7, 11) is 3.89. The lowest BCUT2D eigenvalue weighted by Gasteiger charge is -2.22. The number of anilines is 1. The zero-order chi connectivity index (χ0) is 16.2. The normalized spacial score (nSPS) is 20.8. The number of pyridine rings is 1. The molecule has 23 heavy (non-hydrogen) atoms. The quantitative estimate of drug-likeness (QED) is 0.864. The SMILES string of the molecule is CN(C)c1ncccc1OC1CCN(C(=O)NC2CC=CC2)C1. The van der Waals surface area contributed by atoms with E-state index >= 15 is 0 Å². The van der Waals surface area contributed by atoms with Crippen LogP contribution in [0.3, 0.4) is 0 Å². The average molecular weight is 316 g/mol. The number of hydrogen-bond acceptors (Lipinski definition) is 4. The minimum absolute atomic E-state index is 0.0174. The van der Waals surface area contributed by atoms with E-state index in [0.717, 1.165) is 37.4 Å². The molecule has 1 aromatic heterocycles. The maximum Gasteiger partial charge on any atom is 0.317 e. The minimum Gasteiger partial charge on any atom is -0.485 e. The van der Waals surface area contributed by atoms with Crippen LogP contribution in [0.4, 0.5) is 10.6 Å². The van der Waals surface area contributed by atoms with E-state index in [4.69, 9.17) is 4.74 Å². The van der Waals surface area contributed by atoms with Gasteiger partial charge in [-0.1, -0.05) is 12.2 Å². The Balaban J connectivity index is 1.54. The molecule has 2 heterocycles. The first-order valence-corrected chi connectivity index (χ1v) is 8.13. The molecule has 0 aromatic carbocycles. The molecule has 0 bridgehead atoms. The van der Waals surface area contributed by atoms with E-state index < -0.39 is 0 Å². The van der Waals surface area contributed by atoms with Crippen LogP contribution in [-0.4, -0.2) is 55.2 Å². The number of likely N-dealkylation sites (tertiary alicyclic amines) is 1. The maximum absolute atomic E-state index is 12.3. The molecular formula is C17H24N4O2. The van der Waals surface area contributed by atoms with Gasteiger partial charge in [0, 0.05) is 39.3 Å². The van der Waals surface area contributed by atoms with Crippen molar-refractivity contribution in [2.75, 3.05) is 32.1 Å². The van der Waals surface area contributed by atoms with E-state index in [9.17, 15) is 4.79 Å². The van der Waals surface area contributed by atoms with Crippen LogP contribution < -0.4 is 15.0 Å². The molecular weight excluding hydrogens is 292 g/mol. The summed E-state index contributed by atoms with van der Waals surface area (Å²) in [4.78, 5) is 20.4. The van der Waals surface area contributed by atoms with Crippen molar-refractivity contribution in [2.45, 2.75) is 31.4 Å². The monoisotopic (exact) mass is 316 g/mol. The third kappa shape index (κ3) is 3.75. The highest BCUT2D eigenvalue weighted by Gasteiger charge is 2.29. The highest BCUT2D eigenvalue weighted by atomic mass is 16.5. The van der Waals surface area contributed by atoms with Crippen molar-refractivity contribution in [3.63, 3.8) is 0 Å². The molecule has 0 saturated carbocycles. The van der Waals surface area contributed by atoms with Gasteiger partial charge in [0.05, 0.1) is 6.54 Å². The van der Waals surface area contributed by atoms with Gasteiger partial charge in [0.25, 0.3) is 0 Å².